The van der Waals surface area contributed by atoms with E-state index in [2.05, 4.69) is 9.97 Å². The summed E-state index contributed by atoms with van der Waals surface area (Å²) >= 11 is 0. The van der Waals surface area contributed by atoms with Crippen LogP contribution in [0.1, 0.15) is 11.3 Å². The summed E-state index contributed by atoms with van der Waals surface area (Å²) in [5.41, 5.74) is 0.360. The molecule has 0 saturated carbocycles. The highest BCUT2D eigenvalue weighted by atomic mass is 35.5. The number of aromatic amines is 2. The first-order valence-corrected chi connectivity index (χ1v) is 4.89. The van der Waals surface area contributed by atoms with E-state index in [1.54, 1.807) is 6.92 Å². The fourth-order valence-corrected chi connectivity index (χ4v) is 1.53. The molecule has 0 spiro atoms. The van der Waals surface area contributed by atoms with E-state index in [1.807, 2.05) is 34.9 Å². The first kappa shape index (κ1) is 13.2. The van der Waals surface area contributed by atoms with E-state index < -0.39 is 5.69 Å². The van der Waals surface area contributed by atoms with Gasteiger partial charge in [0, 0.05) is 5.56 Å². The van der Waals surface area contributed by atoms with Gasteiger partial charge in [-0.15, -0.1) is 0 Å². The molecule has 0 saturated heterocycles. The summed E-state index contributed by atoms with van der Waals surface area (Å²) < 4.78 is 3.78. The summed E-state index contributed by atoms with van der Waals surface area (Å²) in [7, 11) is 1.91. The van der Waals surface area contributed by atoms with Crippen molar-refractivity contribution in [2.75, 3.05) is 0 Å². The fraction of sp³-hybridized carbons (Fsp3) is 0.300. The molecule has 0 aliphatic carbocycles. The number of rotatable bonds is 2. The van der Waals surface area contributed by atoms with Gasteiger partial charge >= 0.3 is 5.69 Å². The normalized spacial score (nSPS) is 10.0. The zero-order valence-electron chi connectivity index (χ0n) is 9.53. The maximum absolute atomic E-state index is 11.4. The summed E-state index contributed by atoms with van der Waals surface area (Å²) in [6.45, 7) is 2.17. The van der Waals surface area contributed by atoms with Crippen LogP contribution in [0.25, 0.3) is 0 Å². The molecule has 0 bridgehead atoms. The number of aryl methyl sites for hydroxylation is 1. The monoisotopic (exact) mass is 256 g/mol. The Bertz CT molecular complexity index is 626. The van der Waals surface area contributed by atoms with E-state index in [0.717, 1.165) is 0 Å². The minimum atomic E-state index is -0.470. The molecule has 17 heavy (non-hydrogen) atoms. The molecule has 0 unspecified atom stereocenters. The molecule has 2 rings (SSSR count). The predicted molar refractivity (Wildman–Crippen MR) is 57.1 cm³/mol. The molecule has 2 aromatic rings. The van der Waals surface area contributed by atoms with Crippen LogP contribution in [0.15, 0.2) is 28.3 Å². The Morgan fingerprint density at radius 3 is 2.65 bits per heavy atom. The topological polar surface area (TPSA) is 74.5 Å². The highest BCUT2D eigenvalue weighted by Gasteiger charge is 2.08. The Hall–Kier alpha value is -1.82. The Labute approximate surface area is 103 Å². The number of hydrogen-bond acceptors (Lipinski definition) is 2. The molecular weight excluding hydrogens is 244 g/mol. The van der Waals surface area contributed by atoms with Crippen LogP contribution >= 0.6 is 0 Å². The number of H-pyrrole nitrogens is 2. The molecule has 0 radical (unpaired) electrons. The molecule has 2 N–H and O–H groups in total. The van der Waals surface area contributed by atoms with Crippen molar-refractivity contribution in [3.63, 3.8) is 0 Å². The zero-order valence-corrected chi connectivity index (χ0v) is 10.3. The average molecular weight is 257 g/mol. The van der Waals surface area contributed by atoms with Crippen LogP contribution in [0, 0.1) is 6.92 Å². The molecule has 0 atom stereocenters. The first-order chi connectivity index (χ1) is 7.56. The molecule has 0 aliphatic heterocycles. The number of hydrogen-bond donors (Lipinski definition) is 2. The summed E-state index contributed by atoms with van der Waals surface area (Å²) in [5, 5.41) is 0. The highest BCUT2D eigenvalue weighted by molar-refractivity contribution is 5.14. The lowest BCUT2D eigenvalue weighted by atomic mass is 10.2. The number of nitrogens with one attached hydrogen (secondary N) is 2. The van der Waals surface area contributed by atoms with Crippen molar-refractivity contribution in [1.29, 1.82) is 0 Å². The van der Waals surface area contributed by atoms with Crippen molar-refractivity contribution in [3.05, 3.63) is 50.8 Å². The number of nitrogens with zero attached hydrogens (tertiary/aromatic N) is 2. The smallest absolute Gasteiger partial charge is 0.326 e. The van der Waals surface area contributed by atoms with Gasteiger partial charge in [0.2, 0.25) is 6.33 Å². The van der Waals surface area contributed by atoms with Gasteiger partial charge in [-0.2, -0.15) is 0 Å². The minimum absolute atomic E-state index is 0. The van der Waals surface area contributed by atoms with Crippen molar-refractivity contribution in [1.82, 2.24) is 14.5 Å². The van der Waals surface area contributed by atoms with E-state index >= 15 is 0 Å². The van der Waals surface area contributed by atoms with E-state index in [9.17, 15) is 9.59 Å². The van der Waals surface area contributed by atoms with E-state index in [4.69, 9.17) is 0 Å². The van der Waals surface area contributed by atoms with Crippen LogP contribution in [0.2, 0.25) is 0 Å². The van der Waals surface area contributed by atoms with Crippen molar-refractivity contribution in [2.24, 2.45) is 7.05 Å². The second-order valence-corrected chi connectivity index (χ2v) is 3.76. The maximum Gasteiger partial charge on any atom is 0.326 e. The van der Waals surface area contributed by atoms with Gasteiger partial charge < -0.3 is 17.4 Å². The molecule has 0 aromatic carbocycles. The molecule has 7 heteroatoms. The van der Waals surface area contributed by atoms with Gasteiger partial charge in [0.05, 0.1) is 12.7 Å². The van der Waals surface area contributed by atoms with Gasteiger partial charge in [0.25, 0.3) is 5.56 Å². The molecule has 92 valence electrons. The van der Waals surface area contributed by atoms with E-state index in [0.29, 0.717) is 17.8 Å². The third kappa shape index (κ3) is 2.85. The summed E-state index contributed by atoms with van der Waals surface area (Å²) in [6.07, 6.45) is 5.64. The van der Waals surface area contributed by atoms with Crippen LogP contribution in [0.5, 0.6) is 0 Å². The molecule has 0 aliphatic rings. The van der Waals surface area contributed by atoms with Crippen molar-refractivity contribution >= 4 is 0 Å². The van der Waals surface area contributed by atoms with Gasteiger partial charge in [-0.3, -0.25) is 9.78 Å². The van der Waals surface area contributed by atoms with Crippen LogP contribution in [0.4, 0.5) is 0 Å². The Morgan fingerprint density at radius 2 is 2.06 bits per heavy atom. The molecule has 2 heterocycles. The average Bonchev–Trinajstić information content (AvgIpc) is 2.60. The quantitative estimate of drug-likeness (QED) is 0.539. The Balaban J connectivity index is 0.00000144. The van der Waals surface area contributed by atoms with Gasteiger partial charge in [-0.25, -0.2) is 13.9 Å². The molecule has 6 nitrogen and oxygen atoms in total. The van der Waals surface area contributed by atoms with Crippen molar-refractivity contribution in [3.8, 4) is 0 Å². The number of aromatic nitrogens is 4. The molecule has 0 amide bonds. The van der Waals surface area contributed by atoms with Gasteiger partial charge in [0.1, 0.15) is 18.9 Å². The maximum atomic E-state index is 11.4. The second kappa shape index (κ2) is 5.01. The van der Waals surface area contributed by atoms with Crippen molar-refractivity contribution < 1.29 is 17.0 Å². The van der Waals surface area contributed by atoms with Crippen molar-refractivity contribution in [2.45, 2.75) is 13.5 Å². The van der Waals surface area contributed by atoms with Gasteiger partial charge in [0.15, 0.2) is 0 Å². The predicted octanol–water partition coefficient (Wildman–Crippen LogP) is -3.95. The van der Waals surface area contributed by atoms with Gasteiger partial charge in [-0.1, -0.05) is 0 Å². The lowest BCUT2D eigenvalue weighted by molar-refractivity contribution is -0.671. The third-order valence-electron chi connectivity index (χ3n) is 2.45. The second-order valence-electron chi connectivity index (χ2n) is 3.76. The summed E-state index contributed by atoms with van der Waals surface area (Å²) in [5.74, 6) is 0. The minimum Gasteiger partial charge on any atom is -1.00 e. The molecular formula is C10H13ClN4O2. The largest absolute Gasteiger partial charge is 1.00 e. The number of imidazole rings is 1. The van der Waals surface area contributed by atoms with Crippen LogP contribution in [-0.4, -0.2) is 14.5 Å². The molecule has 2 aromatic heterocycles. The summed E-state index contributed by atoms with van der Waals surface area (Å²) in [6, 6.07) is 0. The SMILES string of the molecule is Cc1c(Cn2cc[n+](C)c2)[nH]c(=O)[nH]c1=O.[Cl-]. The van der Waals surface area contributed by atoms with Crippen LogP contribution < -0.4 is 28.2 Å². The standard InChI is InChI=1S/C10H12N4O2.ClH/c1-7-8(11-10(16)12-9(7)15)5-14-4-3-13(2)6-14;/h3-4,6H,5H2,1-2H3,(H-,11,12,15,16);1H. The Kier molecular flexibility index (Phi) is 3.90. The first-order valence-electron chi connectivity index (χ1n) is 4.89. The van der Waals surface area contributed by atoms with Crippen LogP contribution in [0.3, 0.4) is 0 Å². The number of halogens is 1. The zero-order chi connectivity index (χ0) is 11.7. The molecule has 0 fully saturated rings. The van der Waals surface area contributed by atoms with E-state index in [-0.39, 0.29) is 18.0 Å². The van der Waals surface area contributed by atoms with E-state index in [1.165, 1.54) is 0 Å². The lowest BCUT2D eigenvalue weighted by Gasteiger charge is -2.00. The lowest BCUT2D eigenvalue weighted by Crippen LogP contribution is -3.00. The summed E-state index contributed by atoms with van der Waals surface area (Å²) in [4.78, 5) is 27.3. The highest BCUT2D eigenvalue weighted by Crippen LogP contribution is 1.98. The Morgan fingerprint density at radius 1 is 1.35 bits per heavy atom. The third-order valence-corrected chi connectivity index (χ3v) is 2.45. The van der Waals surface area contributed by atoms with Gasteiger partial charge in [-0.05, 0) is 6.92 Å². The van der Waals surface area contributed by atoms with Crippen LogP contribution in [-0.2, 0) is 13.6 Å². The fourth-order valence-electron chi connectivity index (χ4n) is 1.53.